The molecule has 0 radical (unpaired) electrons. The zero-order chi connectivity index (χ0) is 11.2. The van der Waals surface area contributed by atoms with Crippen LogP contribution < -0.4 is 9.62 Å². The topological polar surface area (TPSA) is 62.3 Å². The highest BCUT2D eigenvalue weighted by atomic mass is 32.2. The van der Waals surface area contributed by atoms with Crippen LogP contribution in [-0.2, 0) is 10.0 Å². The van der Waals surface area contributed by atoms with E-state index in [0.717, 1.165) is 19.4 Å². The molecule has 6 heteroatoms. The van der Waals surface area contributed by atoms with E-state index in [0.29, 0.717) is 17.3 Å². The van der Waals surface area contributed by atoms with Crippen LogP contribution in [0.5, 0.6) is 0 Å². The number of nitrogens with zero attached hydrogens (tertiary/aromatic N) is 2. The summed E-state index contributed by atoms with van der Waals surface area (Å²) >= 11 is 0. The van der Waals surface area contributed by atoms with Crippen molar-refractivity contribution in [3.63, 3.8) is 0 Å². The summed E-state index contributed by atoms with van der Waals surface area (Å²) in [6.07, 6.45) is 3.77. The summed E-state index contributed by atoms with van der Waals surface area (Å²) in [6, 6.07) is 3.53. The first-order valence-corrected chi connectivity index (χ1v) is 6.88. The Morgan fingerprint density at radius 2 is 2.38 bits per heavy atom. The van der Waals surface area contributed by atoms with Crippen LogP contribution in [0.3, 0.4) is 0 Å². The van der Waals surface area contributed by atoms with E-state index >= 15 is 0 Å². The van der Waals surface area contributed by atoms with Gasteiger partial charge in [0.05, 0.1) is 0 Å². The van der Waals surface area contributed by atoms with E-state index < -0.39 is 10.0 Å². The fourth-order valence-electron chi connectivity index (χ4n) is 2.42. The molecule has 1 atom stereocenters. The third kappa shape index (κ3) is 1.41. The number of aromatic nitrogens is 1. The highest BCUT2D eigenvalue weighted by molar-refractivity contribution is 7.89. The lowest BCUT2D eigenvalue weighted by Crippen LogP contribution is -2.36. The molecule has 3 rings (SSSR count). The molecule has 86 valence electrons. The SMILES string of the molecule is O=S1(=O)NCC2CCCN2c2ncccc21. The van der Waals surface area contributed by atoms with Crippen molar-refractivity contribution in [2.45, 2.75) is 23.8 Å². The van der Waals surface area contributed by atoms with Crippen molar-refractivity contribution in [2.24, 2.45) is 0 Å². The number of sulfonamides is 1. The van der Waals surface area contributed by atoms with Crippen LogP contribution >= 0.6 is 0 Å². The van der Waals surface area contributed by atoms with Crippen LogP contribution in [0, 0.1) is 0 Å². The Balaban J connectivity index is 2.20. The summed E-state index contributed by atoms with van der Waals surface area (Å²) in [6.45, 7) is 1.38. The summed E-state index contributed by atoms with van der Waals surface area (Å²) in [5.74, 6) is 0.606. The lowest BCUT2D eigenvalue weighted by Gasteiger charge is -2.23. The number of hydrogen-bond donors (Lipinski definition) is 1. The van der Waals surface area contributed by atoms with Crippen molar-refractivity contribution >= 4 is 15.8 Å². The molecule has 3 heterocycles. The van der Waals surface area contributed by atoms with Crippen LogP contribution in [0.15, 0.2) is 23.2 Å². The molecular formula is C10H13N3O2S. The van der Waals surface area contributed by atoms with E-state index in [2.05, 4.69) is 14.6 Å². The normalized spacial score (nSPS) is 27.0. The maximum Gasteiger partial charge on any atom is 0.244 e. The molecule has 2 aliphatic heterocycles. The van der Waals surface area contributed by atoms with Crippen LogP contribution in [0.1, 0.15) is 12.8 Å². The van der Waals surface area contributed by atoms with Crippen molar-refractivity contribution in [3.05, 3.63) is 18.3 Å². The van der Waals surface area contributed by atoms with Gasteiger partial charge in [0.1, 0.15) is 10.7 Å². The van der Waals surface area contributed by atoms with E-state index in [1.165, 1.54) is 0 Å². The predicted molar refractivity (Wildman–Crippen MR) is 59.8 cm³/mol. The fraction of sp³-hybridized carbons (Fsp3) is 0.500. The lowest BCUT2D eigenvalue weighted by molar-refractivity contribution is 0.575. The average Bonchev–Trinajstić information content (AvgIpc) is 2.71. The molecule has 0 saturated carbocycles. The summed E-state index contributed by atoms with van der Waals surface area (Å²) in [5, 5.41) is 0. The third-order valence-corrected chi connectivity index (χ3v) is 4.64. The Hall–Kier alpha value is -1.14. The lowest BCUT2D eigenvalue weighted by atomic mass is 10.2. The molecule has 0 amide bonds. The van der Waals surface area contributed by atoms with E-state index in [9.17, 15) is 8.42 Å². The Labute approximate surface area is 94.5 Å². The van der Waals surface area contributed by atoms with Crippen LogP contribution in [-0.4, -0.2) is 32.5 Å². The van der Waals surface area contributed by atoms with Gasteiger partial charge in [0.15, 0.2) is 0 Å². The minimum absolute atomic E-state index is 0.255. The maximum absolute atomic E-state index is 11.9. The van der Waals surface area contributed by atoms with Crippen molar-refractivity contribution in [2.75, 3.05) is 18.0 Å². The summed E-state index contributed by atoms with van der Waals surface area (Å²) < 4.78 is 26.5. The van der Waals surface area contributed by atoms with Gasteiger partial charge in [0.25, 0.3) is 0 Å². The molecular weight excluding hydrogens is 226 g/mol. The minimum atomic E-state index is -3.37. The van der Waals surface area contributed by atoms with E-state index in [-0.39, 0.29) is 6.04 Å². The van der Waals surface area contributed by atoms with Gasteiger partial charge < -0.3 is 4.90 Å². The smallest absolute Gasteiger partial charge is 0.244 e. The van der Waals surface area contributed by atoms with Crippen molar-refractivity contribution in [1.82, 2.24) is 9.71 Å². The van der Waals surface area contributed by atoms with E-state index in [4.69, 9.17) is 0 Å². The van der Waals surface area contributed by atoms with Gasteiger partial charge in [-0.05, 0) is 25.0 Å². The molecule has 0 spiro atoms. The maximum atomic E-state index is 11.9. The highest BCUT2D eigenvalue weighted by Crippen LogP contribution is 2.31. The summed E-state index contributed by atoms with van der Waals surface area (Å²) in [5.41, 5.74) is 0. The molecule has 0 aromatic carbocycles. The van der Waals surface area contributed by atoms with Crippen LogP contribution in [0.2, 0.25) is 0 Å². The first kappa shape index (κ1) is 10.0. The first-order valence-electron chi connectivity index (χ1n) is 5.40. The molecule has 1 aromatic rings. The fourth-order valence-corrected chi connectivity index (χ4v) is 3.65. The zero-order valence-corrected chi connectivity index (χ0v) is 9.57. The Kier molecular flexibility index (Phi) is 2.15. The number of fused-ring (bicyclic) bond motifs is 3. The molecule has 0 bridgehead atoms. The zero-order valence-electron chi connectivity index (χ0n) is 8.76. The number of hydrogen-bond acceptors (Lipinski definition) is 4. The monoisotopic (exact) mass is 239 g/mol. The number of pyridine rings is 1. The predicted octanol–water partition coefficient (Wildman–Crippen LogP) is 0.342. The number of nitrogens with one attached hydrogen (secondary N) is 1. The molecule has 1 saturated heterocycles. The molecule has 1 unspecified atom stereocenters. The molecule has 16 heavy (non-hydrogen) atoms. The number of anilines is 1. The average molecular weight is 239 g/mol. The van der Waals surface area contributed by atoms with Crippen LogP contribution in [0.4, 0.5) is 5.82 Å². The molecule has 5 nitrogen and oxygen atoms in total. The second-order valence-corrected chi connectivity index (χ2v) is 5.90. The molecule has 2 aliphatic rings. The van der Waals surface area contributed by atoms with Gasteiger partial charge in [-0.3, -0.25) is 0 Å². The van der Waals surface area contributed by atoms with Gasteiger partial charge in [-0.25, -0.2) is 18.1 Å². The van der Waals surface area contributed by atoms with Crippen LogP contribution in [0.25, 0.3) is 0 Å². The quantitative estimate of drug-likeness (QED) is 0.709. The second kappa shape index (κ2) is 3.43. The van der Waals surface area contributed by atoms with Gasteiger partial charge in [-0.2, -0.15) is 0 Å². The van der Waals surface area contributed by atoms with E-state index in [1.54, 1.807) is 18.3 Å². The van der Waals surface area contributed by atoms with Gasteiger partial charge in [0, 0.05) is 25.3 Å². The summed E-state index contributed by atoms with van der Waals surface area (Å²) in [7, 11) is -3.37. The molecule has 0 aliphatic carbocycles. The van der Waals surface area contributed by atoms with Crippen molar-refractivity contribution in [1.29, 1.82) is 0 Å². The molecule has 1 fully saturated rings. The Bertz CT molecular complexity index is 515. The van der Waals surface area contributed by atoms with Gasteiger partial charge in [-0.1, -0.05) is 0 Å². The highest BCUT2D eigenvalue weighted by Gasteiger charge is 2.34. The standard InChI is InChI=1S/C10H13N3O2S/c14-16(15)9-4-1-5-11-10(9)13-6-2-3-8(13)7-12-16/h1,4-5,8,12H,2-3,6-7H2. The van der Waals surface area contributed by atoms with Crippen molar-refractivity contribution < 1.29 is 8.42 Å². The minimum Gasteiger partial charge on any atom is -0.351 e. The van der Waals surface area contributed by atoms with Gasteiger partial charge in [-0.15, -0.1) is 0 Å². The molecule has 1 aromatic heterocycles. The Morgan fingerprint density at radius 3 is 3.25 bits per heavy atom. The van der Waals surface area contributed by atoms with Crippen molar-refractivity contribution in [3.8, 4) is 0 Å². The summed E-state index contributed by atoms with van der Waals surface area (Å²) in [4.78, 5) is 6.63. The largest absolute Gasteiger partial charge is 0.351 e. The van der Waals surface area contributed by atoms with Gasteiger partial charge >= 0.3 is 0 Å². The third-order valence-electron chi connectivity index (χ3n) is 3.20. The second-order valence-electron chi connectivity index (χ2n) is 4.17. The number of rotatable bonds is 0. The Morgan fingerprint density at radius 1 is 1.50 bits per heavy atom. The first-order chi connectivity index (χ1) is 7.68. The molecule has 1 N–H and O–H groups in total. The van der Waals surface area contributed by atoms with Gasteiger partial charge in [0.2, 0.25) is 10.0 Å². The van der Waals surface area contributed by atoms with E-state index in [1.807, 2.05) is 0 Å².